The van der Waals surface area contributed by atoms with Crippen LogP contribution in [0.5, 0.6) is 0 Å². The second-order valence-electron chi connectivity index (χ2n) is 20.5. The van der Waals surface area contributed by atoms with E-state index in [-0.39, 0.29) is 140 Å². The molecule has 0 aliphatic heterocycles. The van der Waals surface area contributed by atoms with Crippen LogP contribution in [-0.4, -0.2) is 170 Å². The molecular weight excluding hydrogens is 1060 g/mol. The lowest BCUT2D eigenvalue weighted by Crippen LogP contribution is -2.42. The number of rotatable bonds is 58. The highest BCUT2D eigenvalue weighted by molar-refractivity contribution is 5.87. The van der Waals surface area contributed by atoms with Gasteiger partial charge in [0, 0.05) is 64.1 Å². The number of ketones is 2. The molecule has 0 fully saturated rings. The molecule has 0 aromatic heterocycles. The van der Waals surface area contributed by atoms with Gasteiger partial charge in [-0.1, -0.05) is 103 Å². The topological polar surface area (TPSA) is 366 Å². The van der Waals surface area contributed by atoms with Crippen LogP contribution < -0.4 is 26.6 Å². The second-order valence-corrected chi connectivity index (χ2v) is 20.5. The van der Waals surface area contributed by atoms with Gasteiger partial charge in [0.2, 0.25) is 29.5 Å². The lowest BCUT2D eigenvalue weighted by atomic mass is 9.95. The van der Waals surface area contributed by atoms with Crippen molar-refractivity contribution in [2.75, 3.05) is 72.5 Å². The van der Waals surface area contributed by atoms with Crippen LogP contribution in [0.1, 0.15) is 200 Å². The molecule has 4 atom stereocenters. The molecule has 0 aliphatic carbocycles. The molecule has 0 heterocycles. The molecule has 466 valence electrons. The van der Waals surface area contributed by atoms with Crippen molar-refractivity contribution in [2.24, 2.45) is 11.8 Å². The summed E-state index contributed by atoms with van der Waals surface area (Å²) in [6.07, 6.45) is 19.4. The number of nitrogens with one attached hydrogen (secondary N) is 5. The van der Waals surface area contributed by atoms with Gasteiger partial charge in [-0.2, -0.15) is 0 Å². The number of amides is 5. The Bertz CT molecular complexity index is 1820. The highest BCUT2D eigenvalue weighted by atomic mass is 16.5. The van der Waals surface area contributed by atoms with Gasteiger partial charge in [-0.25, -0.2) is 9.59 Å². The SMILES string of the molecule is CC[C@@H](CCCCNC(=O)CC[C@H](NC(=O)CC[C@H](CC(=O)COCCOCCNC(=O)COCCOCCNC(=O)CC[C@H](NC(=O)CCCCCCCCCCCCCCCCCCC(=O)O)C(=O)O)C(=O)O)C(=O)O)C(C)=O. The zero-order valence-corrected chi connectivity index (χ0v) is 48.5. The molecule has 0 aromatic carbocycles. The summed E-state index contributed by atoms with van der Waals surface area (Å²) in [4.78, 5) is 131. The van der Waals surface area contributed by atoms with Crippen LogP contribution in [0.15, 0.2) is 0 Å². The first-order valence-corrected chi connectivity index (χ1v) is 29.5. The van der Waals surface area contributed by atoms with E-state index in [1.54, 1.807) is 6.92 Å². The van der Waals surface area contributed by atoms with Crippen LogP contribution in [0, 0.1) is 11.8 Å². The molecule has 81 heavy (non-hydrogen) atoms. The minimum absolute atomic E-state index is 0.000451. The van der Waals surface area contributed by atoms with Crippen LogP contribution in [0.3, 0.4) is 0 Å². The van der Waals surface area contributed by atoms with E-state index in [1.807, 2.05) is 6.92 Å². The summed E-state index contributed by atoms with van der Waals surface area (Å²) in [7, 11) is 0. The van der Waals surface area contributed by atoms with Gasteiger partial charge in [0.25, 0.3) is 0 Å². The fourth-order valence-electron chi connectivity index (χ4n) is 8.57. The fourth-order valence-corrected chi connectivity index (χ4v) is 8.57. The number of hydrogen-bond donors (Lipinski definition) is 9. The van der Waals surface area contributed by atoms with Crippen molar-refractivity contribution in [3.05, 3.63) is 0 Å². The lowest BCUT2D eigenvalue weighted by Gasteiger charge is -2.16. The summed E-state index contributed by atoms with van der Waals surface area (Å²) in [6, 6.07) is -2.55. The first kappa shape index (κ1) is 75.4. The molecular formula is C57H99N5O19. The van der Waals surface area contributed by atoms with Gasteiger partial charge in [0.15, 0.2) is 5.78 Å². The number of aliphatic carboxylic acids is 4. The summed E-state index contributed by atoms with van der Waals surface area (Å²) < 4.78 is 21.3. The van der Waals surface area contributed by atoms with E-state index in [1.165, 1.54) is 51.4 Å². The van der Waals surface area contributed by atoms with Gasteiger partial charge in [0.1, 0.15) is 31.1 Å². The van der Waals surface area contributed by atoms with Gasteiger partial charge in [-0.05, 0) is 58.3 Å². The molecule has 0 rings (SSSR count). The second kappa shape index (κ2) is 51.3. The van der Waals surface area contributed by atoms with Gasteiger partial charge in [-0.3, -0.25) is 43.2 Å². The molecule has 0 aromatic rings. The average molecular weight is 1160 g/mol. The van der Waals surface area contributed by atoms with E-state index in [0.29, 0.717) is 19.4 Å². The number of unbranched alkanes of at least 4 members (excludes halogenated alkanes) is 16. The van der Waals surface area contributed by atoms with Crippen LogP contribution in [0.2, 0.25) is 0 Å². The normalized spacial score (nSPS) is 12.6. The van der Waals surface area contributed by atoms with Crippen LogP contribution in [-0.2, 0) is 71.7 Å². The largest absolute Gasteiger partial charge is 0.481 e. The number of Topliss-reactive ketones (excluding diaryl/α,β-unsaturated/α-hetero) is 2. The number of ether oxygens (including phenoxy) is 4. The smallest absolute Gasteiger partial charge is 0.326 e. The maximum absolute atomic E-state index is 12.5. The fraction of sp³-hybridized carbons (Fsp3) is 0.807. The van der Waals surface area contributed by atoms with E-state index in [0.717, 1.165) is 64.2 Å². The summed E-state index contributed by atoms with van der Waals surface area (Å²) in [5.41, 5.74) is 0. The maximum Gasteiger partial charge on any atom is 0.326 e. The van der Waals surface area contributed by atoms with Crippen molar-refractivity contribution in [3.63, 3.8) is 0 Å². The Morgan fingerprint density at radius 2 is 0.778 bits per heavy atom. The Balaban J connectivity index is 3.95. The Labute approximate surface area is 478 Å². The molecule has 0 saturated heterocycles. The third-order valence-electron chi connectivity index (χ3n) is 13.4. The van der Waals surface area contributed by atoms with E-state index >= 15 is 0 Å². The van der Waals surface area contributed by atoms with Crippen molar-refractivity contribution in [1.82, 2.24) is 26.6 Å². The maximum atomic E-state index is 12.5. The monoisotopic (exact) mass is 1160 g/mol. The van der Waals surface area contributed by atoms with Crippen molar-refractivity contribution in [2.45, 2.75) is 212 Å². The summed E-state index contributed by atoms with van der Waals surface area (Å²) in [5, 5.41) is 50.2. The Kier molecular flexibility index (Phi) is 47.8. The van der Waals surface area contributed by atoms with E-state index in [9.17, 15) is 68.1 Å². The predicted molar refractivity (Wildman–Crippen MR) is 299 cm³/mol. The Hall–Kier alpha value is -5.59. The molecule has 0 unspecified atom stereocenters. The zero-order valence-electron chi connectivity index (χ0n) is 48.5. The number of hydrogen-bond acceptors (Lipinski definition) is 15. The number of carboxylic acids is 4. The summed E-state index contributed by atoms with van der Waals surface area (Å²) in [6.45, 7) is 4.13. The quantitative estimate of drug-likeness (QED) is 0.0343. The summed E-state index contributed by atoms with van der Waals surface area (Å²) in [5.74, 6) is -8.49. The van der Waals surface area contributed by atoms with E-state index in [2.05, 4.69) is 26.6 Å². The van der Waals surface area contributed by atoms with E-state index in [4.69, 9.17) is 24.1 Å². The van der Waals surface area contributed by atoms with E-state index < -0.39 is 72.5 Å². The third-order valence-corrected chi connectivity index (χ3v) is 13.4. The highest BCUT2D eigenvalue weighted by Crippen LogP contribution is 2.17. The number of carbonyl (C=O) groups is 11. The van der Waals surface area contributed by atoms with Crippen molar-refractivity contribution in [1.29, 1.82) is 0 Å². The average Bonchev–Trinajstić information content (AvgIpc) is 3.41. The Morgan fingerprint density at radius 3 is 1.22 bits per heavy atom. The number of carboxylic acid groups (broad SMARTS) is 4. The molecule has 0 spiro atoms. The van der Waals surface area contributed by atoms with Gasteiger partial charge < -0.3 is 66.0 Å². The first-order chi connectivity index (χ1) is 38.9. The minimum atomic E-state index is -1.38. The van der Waals surface area contributed by atoms with Gasteiger partial charge in [-0.15, -0.1) is 0 Å². The van der Waals surface area contributed by atoms with Gasteiger partial charge >= 0.3 is 23.9 Å². The lowest BCUT2D eigenvalue weighted by molar-refractivity contribution is -0.145. The van der Waals surface area contributed by atoms with Crippen LogP contribution in [0.4, 0.5) is 0 Å². The van der Waals surface area contributed by atoms with Crippen LogP contribution >= 0.6 is 0 Å². The first-order valence-electron chi connectivity index (χ1n) is 29.5. The molecule has 0 bridgehead atoms. The molecule has 0 aliphatic rings. The minimum Gasteiger partial charge on any atom is -0.481 e. The zero-order chi connectivity index (χ0) is 60.3. The highest BCUT2D eigenvalue weighted by Gasteiger charge is 2.26. The molecule has 0 saturated carbocycles. The van der Waals surface area contributed by atoms with Gasteiger partial charge in [0.05, 0.1) is 45.6 Å². The molecule has 5 amide bonds. The Morgan fingerprint density at radius 1 is 0.370 bits per heavy atom. The molecule has 24 heteroatoms. The third kappa shape index (κ3) is 47.7. The van der Waals surface area contributed by atoms with Crippen molar-refractivity contribution in [3.8, 4) is 0 Å². The molecule has 9 N–H and O–H groups in total. The summed E-state index contributed by atoms with van der Waals surface area (Å²) >= 11 is 0. The van der Waals surface area contributed by atoms with Crippen molar-refractivity contribution >= 4 is 65.0 Å². The predicted octanol–water partition coefficient (Wildman–Crippen LogP) is 5.43. The standard InChI is InChI=1S/C57H99N5O19/c1-3-44(43(2)63)22-20-21-31-58-49(65)29-26-48(57(76)77)62-52(68)28-25-45(55(72)73)40-46(64)41-80-38-36-79-35-33-60-53(69)42-81-39-37-78-34-32-59-50(66)30-27-47(56(74)75)61-51(67)23-18-16-14-12-10-8-6-4-5-7-9-11-13-15-17-19-24-54(70)71/h44-45,47-48H,3-42H2,1-2H3,(H,58,65)(H,59,66)(H,60,69)(H,61,67)(H,62,68)(H,70,71)(H,72,73)(H,74,75)(H,76,77)/t44-,45+,47-,48-/m0/s1. The number of carbonyl (C=O) groups excluding carboxylic acids is 7. The van der Waals surface area contributed by atoms with Crippen molar-refractivity contribution < 1.29 is 92.1 Å². The molecule has 24 nitrogen and oxygen atoms in total. The molecule has 0 radical (unpaired) electrons. The van der Waals surface area contributed by atoms with Crippen LogP contribution in [0.25, 0.3) is 0 Å².